The number of hydrogen-bond donors (Lipinski definition) is 1. The van der Waals surface area contributed by atoms with Gasteiger partial charge in [-0.3, -0.25) is 0 Å². The zero-order chi connectivity index (χ0) is 13.7. The predicted octanol–water partition coefficient (Wildman–Crippen LogP) is 4.37. The number of rotatable bonds is 7. The van der Waals surface area contributed by atoms with Crippen LogP contribution in [0.2, 0.25) is 0 Å². The topological polar surface area (TPSA) is 21.3 Å². The summed E-state index contributed by atoms with van der Waals surface area (Å²) in [5.74, 6) is 0. The number of thiophene rings is 1. The van der Waals surface area contributed by atoms with Crippen molar-refractivity contribution in [2.75, 3.05) is 13.7 Å². The lowest BCUT2D eigenvalue weighted by Crippen LogP contribution is -2.33. The van der Waals surface area contributed by atoms with Gasteiger partial charge in [0.2, 0.25) is 0 Å². The monoisotopic (exact) mass is 277 g/mol. The highest BCUT2D eigenvalue weighted by molar-refractivity contribution is 7.17. The van der Waals surface area contributed by atoms with E-state index in [1.54, 1.807) is 0 Å². The van der Waals surface area contributed by atoms with Crippen LogP contribution in [-0.2, 0) is 4.74 Å². The zero-order valence-electron chi connectivity index (χ0n) is 12.0. The lowest BCUT2D eigenvalue weighted by atomic mass is 9.98. The Morgan fingerprint density at radius 1 is 1.26 bits per heavy atom. The van der Waals surface area contributed by atoms with Crippen molar-refractivity contribution in [1.29, 1.82) is 0 Å². The summed E-state index contributed by atoms with van der Waals surface area (Å²) in [6.45, 7) is 5.40. The zero-order valence-corrected chi connectivity index (χ0v) is 12.8. The van der Waals surface area contributed by atoms with Gasteiger partial charge in [0.05, 0.1) is 12.1 Å². The predicted molar refractivity (Wildman–Crippen MR) is 83.9 cm³/mol. The summed E-state index contributed by atoms with van der Waals surface area (Å²) >= 11 is 1.82. The molecule has 0 bridgehead atoms. The molecular formula is C16H23NOS. The number of ether oxygens (including phenoxy) is 1. The molecule has 2 nitrogen and oxygen atoms in total. The smallest absolute Gasteiger partial charge is 0.0763 e. The average molecular weight is 277 g/mol. The Bertz CT molecular complexity index is 504. The van der Waals surface area contributed by atoms with Crippen LogP contribution in [0, 0.1) is 0 Å². The lowest BCUT2D eigenvalue weighted by molar-refractivity contribution is 0.0655. The number of hydrogen-bond acceptors (Lipinski definition) is 3. The van der Waals surface area contributed by atoms with Crippen LogP contribution in [0.1, 0.15) is 38.3 Å². The molecule has 2 rings (SSSR count). The molecule has 1 aromatic carbocycles. The third kappa shape index (κ3) is 3.16. The highest BCUT2D eigenvalue weighted by atomic mass is 32.1. The number of methoxy groups -OCH3 is 1. The second kappa shape index (κ2) is 7.04. The molecule has 2 unspecified atom stereocenters. The molecule has 1 N–H and O–H groups in total. The van der Waals surface area contributed by atoms with Crippen molar-refractivity contribution in [3.05, 3.63) is 35.2 Å². The van der Waals surface area contributed by atoms with Gasteiger partial charge in [0.25, 0.3) is 0 Å². The fourth-order valence-corrected chi connectivity index (χ4v) is 3.50. The fraction of sp³-hybridized carbons (Fsp3) is 0.500. The molecule has 2 aromatic rings. The molecule has 0 radical (unpaired) electrons. The van der Waals surface area contributed by atoms with Crippen LogP contribution in [0.5, 0.6) is 0 Å². The van der Waals surface area contributed by atoms with Gasteiger partial charge in [0.1, 0.15) is 0 Å². The van der Waals surface area contributed by atoms with Crippen LogP contribution >= 0.6 is 11.3 Å². The molecule has 104 valence electrons. The molecule has 0 saturated carbocycles. The third-order valence-electron chi connectivity index (χ3n) is 3.54. The second-order valence-electron chi connectivity index (χ2n) is 4.80. The Morgan fingerprint density at radius 2 is 2.11 bits per heavy atom. The van der Waals surface area contributed by atoms with Gasteiger partial charge in [-0.1, -0.05) is 32.0 Å². The van der Waals surface area contributed by atoms with E-state index in [9.17, 15) is 0 Å². The number of nitrogens with one attached hydrogen (secondary N) is 1. The van der Waals surface area contributed by atoms with E-state index in [1.165, 1.54) is 15.6 Å². The molecule has 19 heavy (non-hydrogen) atoms. The van der Waals surface area contributed by atoms with Gasteiger partial charge in [-0.25, -0.2) is 0 Å². The molecule has 2 atom stereocenters. The summed E-state index contributed by atoms with van der Waals surface area (Å²) in [7, 11) is 1.81. The lowest BCUT2D eigenvalue weighted by Gasteiger charge is -2.27. The first kappa shape index (κ1) is 14.5. The number of fused-ring (bicyclic) bond motifs is 1. The Hall–Kier alpha value is -0.900. The van der Waals surface area contributed by atoms with E-state index in [0.717, 1.165) is 19.4 Å². The van der Waals surface area contributed by atoms with E-state index in [0.29, 0.717) is 0 Å². The van der Waals surface area contributed by atoms with E-state index in [2.05, 4.69) is 48.8 Å². The van der Waals surface area contributed by atoms with Crippen molar-refractivity contribution in [3.63, 3.8) is 0 Å². The first-order valence-corrected chi connectivity index (χ1v) is 7.92. The SMILES string of the molecule is CCCNC(c1cccc2ccsc12)C(CC)OC. The second-order valence-corrected chi connectivity index (χ2v) is 5.72. The highest BCUT2D eigenvalue weighted by Crippen LogP contribution is 2.32. The molecule has 0 aliphatic carbocycles. The van der Waals surface area contributed by atoms with Crippen molar-refractivity contribution >= 4 is 21.4 Å². The molecule has 0 fully saturated rings. The Labute approximate surface area is 119 Å². The molecule has 0 amide bonds. The summed E-state index contributed by atoms with van der Waals surface area (Å²) in [4.78, 5) is 0. The minimum atomic E-state index is 0.222. The van der Waals surface area contributed by atoms with Crippen molar-refractivity contribution in [1.82, 2.24) is 5.32 Å². The van der Waals surface area contributed by atoms with Crippen molar-refractivity contribution in [2.45, 2.75) is 38.8 Å². The van der Waals surface area contributed by atoms with E-state index >= 15 is 0 Å². The summed E-state index contributed by atoms with van der Waals surface area (Å²) in [5, 5.41) is 7.15. The van der Waals surface area contributed by atoms with Crippen LogP contribution in [0.3, 0.4) is 0 Å². The van der Waals surface area contributed by atoms with Crippen LogP contribution in [0.25, 0.3) is 10.1 Å². The number of benzene rings is 1. The molecule has 3 heteroatoms. The molecule has 1 aromatic heterocycles. The first-order chi connectivity index (χ1) is 9.31. The maximum Gasteiger partial charge on any atom is 0.0763 e. The van der Waals surface area contributed by atoms with Gasteiger partial charge in [-0.15, -0.1) is 11.3 Å². The standard InChI is InChI=1S/C16H23NOS/c1-4-10-17-15(14(5-2)18-3)13-8-6-7-12-9-11-19-16(12)13/h6-9,11,14-15,17H,4-5,10H2,1-3H3. The van der Waals surface area contributed by atoms with Crippen molar-refractivity contribution in [2.24, 2.45) is 0 Å². The third-order valence-corrected chi connectivity index (χ3v) is 4.51. The molecule has 0 aliphatic heterocycles. The first-order valence-electron chi connectivity index (χ1n) is 7.04. The summed E-state index contributed by atoms with van der Waals surface area (Å²) in [6, 6.07) is 9.02. The average Bonchev–Trinajstić information content (AvgIpc) is 2.92. The van der Waals surface area contributed by atoms with E-state index in [1.807, 2.05) is 18.4 Å². The van der Waals surface area contributed by atoms with Crippen molar-refractivity contribution < 1.29 is 4.74 Å². The Balaban J connectivity index is 2.38. The van der Waals surface area contributed by atoms with E-state index in [-0.39, 0.29) is 12.1 Å². The Kier molecular flexibility index (Phi) is 5.37. The van der Waals surface area contributed by atoms with Gasteiger partial charge in [-0.05, 0) is 41.8 Å². The largest absolute Gasteiger partial charge is 0.379 e. The van der Waals surface area contributed by atoms with Gasteiger partial charge in [-0.2, -0.15) is 0 Å². The summed E-state index contributed by atoms with van der Waals surface area (Å²) in [6.07, 6.45) is 2.37. The van der Waals surface area contributed by atoms with Crippen LogP contribution in [0.15, 0.2) is 29.6 Å². The van der Waals surface area contributed by atoms with Crippen LogP contribution in [0.4, 0.5) is 0 Å². The van der Waals surface area contributed by atoms with Crippen molar-refractivity contribution in [3.8, 4) is 0 Å². The fourth-order valence-electron chi connectivity index (χ4n) is 2.54. The molecule has 0 saturated heterocycles. The molecule has 0 spiro atoms. The maximum absolute atomic E-state index is 5.68. The van der Waals surface area contributed by atoms with Gasteiger partial charge < -0.3 is 10.1 Å². The molecule has 0 aliphatic rings. The normalized spacial score (nSPS) is 14.7. The highest BCUT2D eigenvalue weighted by Gasteiger charge is 2.22. The summed E-state index contributed by atoms with van der Waals surface area (Å²) in [5.41, 5.74) is 1.37. The summed E-state index contributed by atoms with van der Waals surface area (Å²) < 4.78 is 7.06. The minimum absolute atomic E-state index is 0.222. The van der Waals surface area contributed by atoms with Gasteiger partial charge in [0.15, 0.2) is 0 Å². The van der Waals surface area contributed by atoms with Crippen LogP contribution in [-0.4, -0.2) is 19.8 Å². The Morgan fingerprint density at radius 3 is 2.79 bits per heavy atom. The molecular weight excluding hydrogens is 254 g/mol. The quantitative estimate of drug-likeness (QED) is 0.811. The van der Waals surface area contributed by atoms with Gasteiger partial charge >= 0.3 is 0 Å². The van der Waals surface area contributed by atoms with Crippen LogP contribution < -0.4 is 5.32 Å². The van der Waals surface area contributed by atoms with Gasteiger partial charge in [0, 0.05) is 11.8 Å². The van der Waals surface area contributed by atoms with E-state index < -0.39 is 0 Å². The molecule has 1 heterocycles. The van der Waals surface area contributed by atoms with E-state index in [4.69, 9.17) is 4.74 Å². The maximum atomic E-state index is 5.68. The minimum Gasteiger partial charge on any atom is -0.379 e.